The second-order valence-electron chi connectivity index (χ2n) is 2.17. The van der Waals surface area contributed by atoms with Gasteiger partial charge in [-0.25, -0.2) is 4.79 Å². The van der Waals surface area contributed by atoms with Crippen molar-refractivity contribution in [2.24, 2.45) is 0 Å². The molecule has 2 N–H and O–H groups in total. The van der Waals surface area contributed by atoms with E-state index in [9.17, 15) is 4.79 Å². The molecule has 3 nitrogen and oxygen atoms in total. The fourth-order valence-corrected chi connectivity index (χ4v) is 0.250. The molecule has 0 radical (unpaired) electrons. The van der Waals surface area contributed by atoms with Crippen LogP contribution in [0.5, 0.6) is 0 Å². The van der Waals surface area contributed by atoms with Crippen molar-refractivity contribution in [3.8, 4) is 0 Å². The first-order valence-electron chi connectivity index (χ1n) is 3.25. The Morgan fingerprint density at radius 1 is 1.10 bits per heavy atom. The quantitative estimate of drug-likeness (QED) is 0.435. The summed E-state index contributed by atoms with van der Waals surface area (Å²) < 4.78 is 0. The highest BCUT2D eigenvalue weighted by Crippen LogP contribution is 2.15. The van der Waals surface area contributed by atoms with Gasteiger partial charge in [-0.05, 0) is 6.58 Å². The number of hydrogen-bond acceptors (Lipinski definition) is 2. The van der Waals surface area contributed by atoms with E-state index in [2.05, 4.69) is 6.58 Å². The number of hydrogen-bond donors (Lipinski definition) is 2. The van der Waals surface area contributed by atoms with Crippen molar-refractivity contribution < 1.29 is 15.0 Å². The Bertz CT molecular complexity index is 109. The molecule has 0 unspecified atom stereocenters. The highest BCUT2D eigenvalue weighted by atomic mass is 16.4. The molecule has 0 heterocycles. The van der Waals surface area contributed by atoms with E-state index in [4.69, 9.17) is 10.2 Å². The van der Waals surface area contributed by atoms with Crippen molar-refractivity contribution >= 4 is 5.97 Å². The van der Waals surface area contributed by atoms with Gasteiger partial charge in [0.1, 0.15) is 0 Å². The summed E-state index contributed by atoms with van der Waals surface area (Å²) in [5.74, 6) is -2.20. The highest BCUT2D eigenvalue weighted by molar-refractivity contribution is 5.82. The molecule has 1 fully saturated rings. The molecule has 0 amide bonds. The molecule has 0 aliphatic heterocycles. The van der Waals surface area contributed by atoms with E-state index in [1.165, 1.54) is 25.7 Å². The zero-order valence-corrected chi connectivity index (χ0v) is 5.84. The van der Waals surface area contributed by atoms with Gasteiger partial charge in [0.15, 0.2) is 5.76 Å². The Balaban J connectivity index is 0.000000172. The van der Waals surface area contributed by atoms with Crippen LogP contribution in [0.3, 0.4) is 0 Å². The predicted octanol–water partition coefficient (Wildman–Crippen LogP) is 1.70. The van der Waals surface area contributed by atoms with Crippen LogP contribution in [0.15, 0.2) is 12.3 Å². The Kier molecular flexibility index (Phi) is 4.37. The minimum absolute atomic E-state index is 0.824. The van der Waals surface area contributed by atoms with Gasteiger partial charge in [0, 0.05) is 0 Å². The third-order valence-electron chi connectivity index (χ3n) is 1.25. The number of aliphatic carboxylic acids is 1. The molecule has 0 aromatic heterocycles. The first-order valence-corrected chi connectivity index (χ1v) is 3.25. The minimum Gasteiger partial charge on any atom is -0.502 e. The topological polar surface area (TPSA) is 57.5 Å². The van der Waals surface area contributed by atoms with E-state index >= 15 is 0 Å². The number of rotatable bonds is 1. The maximum atomic E-state index is 9.35. The van der Waals surface area contributed by atoms with Gasteiger partial charge in [-0.15, -0.1) is 0 Å². The molecule has 0 aromatic carbocycles. The van der Waals surface area contributed by atoms with E-state index in [1.54, 1.807) is 0 Å². The summed E-state index contributed by atoms with van der Waals surface area (Å²) in [7, 11) is 0. The van der Waals surface area contributed by atoms with Crippen LogP contribution in [0.25, 0.3) is 0 Å². The molecule has 0 atom stereocenters. The second kappa shape index (κ2) is 4.85. The largest absolute Gasteiger partial charge is 0.502 e. The van der Waals surface area contributed by atoms with Crippen LogP contribution in [0.2, 0.25) is 0 Å². The number of carboxylic acid groups (broad SMARTS) is 1. The molecule has 10 heavy (non-hydrogen) atoms. The molecule has 0 aromatic rings. The summed E-state index contributed by atoms with van der Waals surface area (Å²) in [6, 6.07) is 0. The number of aliphatic hydroxyl groups is 1. The summed E-state index contributed by atoms with van der Waals surface area (Å²) in [4.78, 5) is 9.35. The van der Waals surface area contributed by atoms with Crippen molar-refractivity contribution in [2.75, 3.05) is 0 Å². The summed E-state index contributed by atoms with van der Waals surface area (Å²) in [5.41, 5.74) is 0. The minimum atomic E-state index is -1.38. The first kappa shape index (κ1) is 9.01. The SMILES string of the molecule is C1CCC1.C=C(O)C(=O)O. The van der Waals surface area contributed by atoms with E-state index in [0.717, 1.165) is 0 Å². The van der Waals surface area contributed by atoms with Crippen molar-refractivity contribution in [1.29, 1.82) is 0 Å². The van der Waals surface area contributed by atoms with E-state index in [-0.39, 0.29) is 0 Å². The summed E-state index contributed by atoms with van der Waals surface area (Å²) in [5, 5.41) is 15.5. The molecule has 3 heteroatoms. The van der Waals surface area contributed by atoms with Gasteiger partial charge >= 0.3 is 5.97 Å². The van der Waals surface area contributed by atoms with Crippen LogP contribution >= 0.6 is 0 Å². The molecule has 1 saturated carbocycles. The first-order chi connectivity index (χ1) is 4.64. The van der Waals surface area contributed by atoms with Crippen molar-refractivity contribution in [2.45, 2.75) is 25.7 Å². The van der Waals surface area contributed by atoms with Crippen LogP contribution in [-0.2, 0) is 4.79 Å². The maximum absolute atomic E-state index is 9.35. The van der Waals surface area contributed by atoms with Crippen LogP contribution < -0.4 is 0 Å². The standard InChI is InChI=1S/C4H8.C3H4O3/c1-2-4-3-1;1-2(4)3(5)6/h1-4H2;4H,1H2,(H,5,6). The summed E-state index contributed by atoms with van der Waals surface area (Å²) in [6.45, 7) is 2.71. The number of carbonyl (C=O) groups is 1. The second-order valence-corrected chi connectivity index (χ2v) is 2.17. The Hall–Kier alpha value is -0.990. The normalized spacial score (nSPS) is 14.0. The lowest BCUT2D eigenvalue weighted by atomic mass is 10.0. The molecule has 58 valence electrons. The van der Waals surface area contributed by atoms with Crippen LogP contribution in [-0.4, -0.2) is 16.2 Å². The van der Waals surface area contributed by atoms with Gasteiger partial charge < -0.3 is 10.2 Å². The fraction of sp³-hybridized carbons (Fsp3) is 0.571. The van der Waals surface area contributed by atoms with E-state index in [1.807, 2.05) is 0 Å². The van der Waals surface area contributed by atoms with Crippen LogP contribution in [0.4, 0.5) is 0 Å². The fourth-order valence-electron chi connectivity index (χ4n) is 0.250. The monoisotopic (exact) mass is 144 g/mol. The third-order valence-corrected chi connectivity index (χ3v) is 1.25. The molecule has 0 spiro atoms. The predicted molar refractivity (Wildman–Crippen MR) is 37.9 cm³/mol. The van der Waals surface area contributed by atoms with Gasteiger partial charge in [-0.2, -0.15) is 0 Å². The number of carboxylic acids is 1. The Morgan fingerprint density at radius 2 is 1.30 bits per heavy atom. The lowest BCUT2D eigenvalue weighted by Gasteiger charge is -2.05. The lowest BCUT2D eigenvalue weighted by molar-refractivity contribution is -0.135. The Labute approximate surface area is 60.0 Å². The zero-order chi connectivity index (χ0) is 7.98. The zero-order valence-electron chi connectivity index (χ0n) is 5.84. The molecular formula is C7H12O3. The molecule has 1 aliphatic rings. The molecule has 1 aliphatic carbocycles. The highest BCUT2D eigenvalue weighted by Gasteiger charge is 1.95. The molecule has 0 saturated heterocycles. The number of aliphatic hydroxyl groups excluding tert-OH is 1. The van der Waals surface area contributed by atoms with Crippen LogP contribution in [0, 0.1) is 0 Å². The van der Waals surface area contributed by atoms with Gasteiger partial charge in [0.2, 0.25) is 0 Å². The van der Waals surface area contributed by atoms with Crippen molar-refractivity contribution in [3.05, 3.63) is 12.3 Å². The van der Waals surface area contributed by atoms with Gasteiger partial charge in [0.25, 0.3) is 0 Å². The smallest absolute Gasteiger partial charge is 0.370 e. The summed E-state index contributed by atoms with van der Waals surface area (Å²) in [6.07, 6.45) is 6.00. The molecular weight excluding hydrogens is 132 g/mol. The van der Waals surface area contributed by atoms with E-state index in [0.29, 0.717) is 0 Å². The molecule has 0 bridgehead atoms. The average molecular weight is 144 g/mol. The van der Waals surface area contributed by atoms with Crippen molar-refractivity contribution in [3.63, 3.8) is 0 Å². The maximum Gasteiger partial charge on any atom is 0.370 e. The van der Waals surface area contributed by atoms with Crippen molar-refractivity contribution in [1.82, 2.24) is 0 Å². The van der Waals surface area contributed by atoms with Gasteiger partial charge in [-0.3, -0.25) is 0 Å². The Morgan fingerprint density at radius 3 is 1.30 bits per heavy atom. The van der Waals surface area contributed by atoms with Gasteiger partial charge in [-0.1, -0.05) is 25.7 Å². The van der Waals surface area contributed by atoms with Gasteiger partial charge in [0.05, 0.1) is 0 Å². The summed E-state index contributed by atoms with van der Waals surface area (Å²) >= 11 is 0. The third kappa shape index (κ3) is 5.15. The molecule has 1 rings (SSSR count). The average Bonchev–Trinajstić information content (AvgIpc) is 1.59. The van der Waals surface area contributed by atoms with Crippen LogP contribution in [0.1, 0.15) is 25.7 Å². The lowest BCUT2D eigenvalue weighted by Crippen LogP contribution is -1.95. The van der Waals surface area contributed by atoms with E-state index < -0.39 is 11.7 Å².